The maximum absolute atomic E-state index is 6.17. The van der Waals surface area contributed by atoms with Crippen LogP contribution in [0.2, 0.25) is 0 Å². The molecule has 1 atom stereocenters. The summed E-state index contributed by atoms with van der Waals surface area (Å²) in [5.74, 6) is 0. The second-order valence-electron chi connectivity index (χ2n) is 4.86. The molecule has 1 unspecified atom stereocenters. The van der Waals surface area contributed by atoms with Gasteiger partial charge in [-0.25, -0.2) is 4.98 Å². The van der Waals surface area contributed by atoms with Gasteiger partial charge in [0.2, 0.25) is 0 Å². The highest BCUT2D eigenvalue weighted by Gasteiger charge is 2.20. The first-order valence-electron chi connectivity index (χ1n) is 5.22. The predicted molar refractivity (Wildman–Crippen MR) is 71.2 cm³/mol. The molecule has 16 heavy (non-hydrogen) atoms. The lowest BCUT2D eigenvalue weighted by atomic mass is 9.93. The summed E-state index contributed by atoms with van der Waals surface area (Å²) in [6, 6.07) is 1.99. The van der Waals surface area contributed by atoms with Gasteiger partial charge in [-0.15, -0.1) is 11.3 Å². The van der Waals surface area contributed by atoms with Crippen molar-refractivity contribution in [2.75, 3.05) is 0 Å². The van der Waals surface area contributed by atoms with Crippen LogP contribution in [0.4, 0.5) is 0 Å². The lowest BCUT2D eigenvalue weighted by Crippen LogP contribution is -2.14. The Balaban J connectivity index is 2.26. The first kappa shape index (κ1) is 11.8. The van der Waals surface area contributed by atoms with Crippen LogP contribution in [0.3, 0.4) is 0 Å². The van der Waals surface area contributed by atoms with Crippen molar-refractivity contribution in [2.45, 2.75) is 32.2 Å². The Bertz CT molecular complexity index is 452. The first-order chi connectivity index (χ1) is 7.48. The average Bonchev–Trinajstić information content (AvgIpc) is 2.87. The number of thiazole rings is 1. The second kappa shape index (κ2) is 4.28. The van der Waals surface area contributed by atoms with Crippen molar-refractivity contribution in [3.05, 3.63) is 38.5 Å². The summed E-state index contributed by atoms with van der Waals surface area (Å²) in [4.78, 5) is 4.64. The molecular formula is C12H16N2S2. The smallest absolute Gasteiger partial charge is 0.114 e. The van der Waals surface area contributed by atoms with Gasteiger partial charge in [0.05, 0.1) is 11.7 Å². The highest BCUT2D eigenvalue weighted by atomic mass is 32.1. The van der Waals surface area contributed by atoms with Crippen LogP contribution in [0.25, 0.3) is 0 Å². The van der Waals surface area contributed by atoms with Crippen LogP contribution < -0.4 is 5.73 Å². The summed E-state index contributed by atoms with van der Waals surface area (Å²) >= 11 is 3.32. The zero-order chi connectivity index (χ0) is 11.8. The van der Waals surface area contributed by atoms with Crippen LogP contribution in [0.1, 0.15) is 43.1 Å². The Labute approximate surface area is 104 Å². The van der Waals surface area contributed by atoms with Crippen molar-refractivity contribution in [3.63, 3.8) is 0 Å². The van der Waals surface area contributed by atoms with Gasteiger partial charge >= 0.3 is 0 Å². The van der Waals surface area contributed by atoms with E-state index in [1.165, 1.54) is 0 Å². The second-order valence-corrected chi connectivity index (χ2v) is 6.53. The summed E-state index contributed by atoms with van der Waals surface area (Å²) in [5.41, 5.74) is 8.55. The predicted octanol–water partition coefficient (Wildman–Crippen LogP) is 3.55. The van der Waals surface area contributed by atoms with Crippen molar-refractivity contribution in [2.24, 2.45) is 5.73 Å². The topological polar surface area (TPSA) is 38.9 Å². The van der Waals surface area contributed by atoms with Crippen LogP contribution in [0.15, 0.2) is 22.2 Å². The number of thiophene rings is 1. The first-order valence-corrected chi connectivity index (χ1v) is 7.04. The Morgan fingerprint density at radius 3 is 2.56 bits per heavy atom. The molecule has 0 amide bonds. The molecular weight excluding hydrogens is 236 g/mol. The van der Waals surface area contributed by atoms with Crippen LogP contribution in [-0.2, 0) is 5.41 Å². The van der Waals surface area contributed by atoms with Gasteiger partial charge in [0, 0.05) is 10.8 Å². The Morgan fingerprint density at radius 2 is 2.06 bits per heavy atom. The van der Waals surface area contributed by atoms with E-state index in [0.29, 0.717) is 0 Å². The fraction of sp³-hybridized carbons (Fsp3) is 0.417. The minimum absolute atomic E-state index is 0.0765. The normalized spacial score (nSPS) is 14.0. The fourth-order valence-electron chi connectivity index (χ4n) is 1.37. The SMILES string of the molecule is CC(C)(C)c1csc(C(N)c2ccsc2)n1. The van der Waals surface area contributed by atoms with Crippen LogP contribution >= 0.6 is 22.7 Å². The number of aromatic nitrogens is 1. The molecule has 0 bridgehead atoms. The number of nitrogens with two attached hydrogens (primary N) is 1. The summed E-state index contributed by atoms with van der Waals surface area (Å²) < 4.78 is 0. The van der Waals surface area contributed by atoms with Crippen molar-refractivity contribution >= 4 is 22.7 Å². The van der Waals surface area contributed by atoms with Crippen LogP contribution in [0.5, 0.6) is 0 Å². The third-order valence-electron chi connectivity index (χ3n) is 2.46. The van der Waals surface area contributed by atoms with E-state index in [9.17, 15) is 0 Å². The van der Waals surface area contributed by atoms with Gasteiger partial charge in [0.1, 0.15) is 5.01 Å². The van der Waals surface area contributed by atoms with Gasteiger partial charge in [0.25, 0.3) is 0 Å². The molecule has 4 heteroatoms. The molecule has 0 saturated carbocycles. The van der Waals surface area contributed by atoms with Gasteiger partial charge in [-0.05, 0) is 22.4 Å². The summed E-state index contributed by atoms with van der Waals surface area (Å²) in [5, 5.41) is 7.25. The molecule has 0 aromatic carbocycles. The zero-order valence-corrected chi connectivity index (χ0v) is 11.4. The van der Waals surface area contributed by atoms with E-state index in [4.69, 9.17) is 5.73 Å². The molecule has 2 aromatic rings. The molecule has 0 aliphatic carbocycles. The van der Waals surface area contributed by atoms with Crippen molar-refractivity contribution in [1.82, 2.24) is 4.98 Å². The molecule has 2 N–H and O–H groups in total. The average molecular weight is 252 g/mol. The lowest BCUT2D eigenvalue weighted by molar-refractivity contribution is 0.569. The zero-order valence-electron chi connectivity index (χ0n) is 9.73. The maximum Gasteiger partial charge on any atom is 0.114 e. The van der Waals surface area contributed by atoms with E-state index in [0.717, 1.165) is 16.3 Å². The van der Waals surface area contributed by atoms with E-state index < -0.39 is 0 Å². The van der Waals surface area contributed by atoms with Gasteiger partial charge in [-0.1, -0.05) is 20.8 Å². The van der Waals surface area contributed by atoms with Gasteiger partial charge in [-0.2, -0.15) is 11.3 Å². The third-order valence-corrected chi connectivity index (χ3v) is 4.09. The molecule has 0 aliphatic heterocycles. The largest absolute Gasteiger partial charge is 0.318 e. The van der Waals surface area contributed by atoms with Gasteiger partial charge < -0.3 is 5.73 Å². The molecule has 0 fully saturated rings. The number of hydrogen-bond acceptors (Lipinski definition) is 4. The molecule has 2 aromatic heterocycles. The molecule has 2 nitrogen and oxygen atoms in total. The minimum atomic E-state index is -0.0765. The Hall–Kier alpha value is -0.710. The van der Waals surface area contributed by atoms with Crippen molar-refractivity contribution in [1.29, 1.82) is 0 Å². The van der Waals surface area contributed by atoms with E-state index in [2.05, 4.69) is 42.6 Å². The quantitative estimate of drug-likeness (QED) is 0.887. The molecule has 0 spiro atoms. The highest BCUT2D eigenvalue weighted by Crippen LogP contribution is 2.29. The van der Waals surface area contributed by atoms with Crippen molar-refractivity contribution < 1.29 is 0 Å². The number of rotatable bonds is 2. The van der Waals surface area contributed by atoms with Crippen molar-refractivity contribution in [3.8, 4) is 0 Å². The monoisotopic (exact) mass is 252 g/mol. The maximum atomic E-state index is 6.17. The van der Waals surface area contributed by atoms with Crippen LogP contribution in [-0.4, -0.2) is 4.98 Å². The van der Waals surface area contributed by atoms with E-state index >= 15 is 0 Å². The standard InChI is InChI=1S/C12H16N2S2/c1-12(2,3)9-7-16-11(14-9)10(13)8-4-5-15-6-8/h4-7,10H,13H2,1-3H3. The molecule has 0 saturated heterocycles. The Kier molecular flexibility index (Phi) is 3.15. The molecule has 0 aliphatic rings. The van der Waals surface area contributed by atoms with Crippen LogP contribution in [0, 0.1) is 0 Å². The Morgan fingerprint density at radius 1 is 1.31 bits per heavy atom. The number of nitrogens with zero attached hydrogens (tertiary/aromatic N) is 1. The minimum Gasteiger partial charge on any atom is -0.318 e. The van der Waals surface area contributed by atoms with Gasteiger partial charge in [-0.3, -0.25) is 0 Å². The molecule has 2 heterocycles. The molecule has 2 rings (SSSR count). The highest BCUT2D eigenvalue weighted by molar-refractivity contribution is 7.10. The summed E-state index contributed by atoms with van der Waals surface area (Å²) in [6.45, 7) is 6.51. The van der Waals surface area contributed by atoms with Gasteiger partial charge in [0.15, 0.2) is 0 Å². The third kappa shape index (κ3) is 2.34. The summed E-state index contributed by atoms with van der Waals surface area (Å²) in [7, 11) is 0. The van der Waals surface area contributed by atoms with E-state index in [1.807, 2.05) is 5.38 Å². The summed E-state index contributed by atoms with van der Waals surface area (Å²) in [6.07, 6.45) is 0. The molecule has 0 radical (unpaired) electrons. The molecule has 86 valence electrons. The van der Waals surface area contributed by atoms with E-state index in [-0.39, 0.29) is 11.5 Å². The fourth-order valence-corrected chi connectivity index (χ4v) is 3.14. The number of hydrogen-bond donors (Lipinski definition) is 1. The lowest BCUT2D eigenvalue weighted by Gasteiger charge is -2.14. The van der Waals surface area contributed by atoms with E-state index in [1.54, 1.807) is 22.7 Å².